The van der Waals surface area contributed by atoms with E-state index in [-0.39, 0.29) is 0 Å². The molecule has 0 radical (unpaired) electrons. The predicted molar refractivity (Wildman–Crippen MR) is 85.7 cm³/mol. The van der Waals surface area contributed by atoms with Crippen molar-refractivity contribution < 1.29 is 9.47 Å². The highest BCUT2D eigenvalue weighted by atomic mass is 16.5. The first-order valence-corrected chi connectivity index (χ1v) is 8.42. The fraction of sp³-hybridized carbons (Fsp3) is 0.938. The highest BCUT2D eigenvalue weighted by Crippen LogP contribution is 2.57. The summed E-state index contributed by atoms with van der Waals surface area (Å²) in [6.07, 6.45) is 6.44. The monoisotopic (exact) mass is 297 g/mol. The number of rotatable bonds is 8. The Morgan fingerprint density at radius 3 is 2.71 bits per heavy atom. The Bertz CT molecular complexity index is 342. The lowest BCUT2D eigenvalue weighted by Gasteiger charge is -2.61. The van der Waals surface area contributed by atoms with Gasteiger partial charge in [0.2, 0.25) is 0 Å². The van der Waals surface area contributed by atoms with Crippen LogP contribution in [-0.2, 0) is 9.47 Å². The van der Waals surface area contributed by atoms with Gasteiger partial charge in [0.1, 0.15) is 0 Å². The Kier molecular flexibility index (Phi) is 6.30. The SMILES string of the molecule is CCNC(=NCCCOC)NC1CC(OCC)C12CCC2. The summed E-state index contributed by atoms with van der Waals surface area (Å²) >= 11 is 0. The van der Waals surface area contributed by atoms with Crippen LogP contribution in [-0.4, -0.2) is 51.5 Å². The molecule has 0 aromatic rings. The molecule has 5 nitrogen and oxygen atoms in total. The predicted octanol–water partition coefficient (Wildman–Crippen LogP) is 1.93. The van der Waals surface area contributed by atoms with Crippen molar-refractivity contribution in [1.82, 2.24) is 10.6 Å². The minimum atomic E-state index is 0.374. The van der Waals surface area contributed by atoms with Crippen molar-refractivity contribution in [2.45, 2.75) is 58.1 Å². The molecule has 0 aromatic carbocycles. The van der Waals surface area contributed by atoms with Crippen LogP contribution >= 0.6 is 0 Å². The normalized spacial score (nSPS) is 27.1. The summed E-state index contributed by atoms with van der Waals surface area (Å²) in [5, 5.41) is 6.98. The van der Waals surface area contributed by atoms with Gasteiger partial charge in [-0.3, -0.25) is 4.99 Å². The first kappa shape index (κ1) is 16.6. The van der Waals surface area contributed by atoms with Gasteiger partial charge in [0, 0.05) is 44.9 Å². The summed E-state index contributed by atoms with van der Waals surface area (Å²) in [6.45, 7) is 7.49. The van der Waals surface area contributed by atoms with E-state index in [4.69, 9.17) is 9.47 Å². The maximum atomic E-state index is 5.90. The maximum absolute atomic E-state index is 5.90. The molecule has 2 fully saturated rings. The maximum Gasteiger partial charge on any atom is 0.191 e. The summed E-state index contributed by atoms with van der Waals surface area (Å²) in [4.78, 5) is 4.64. The molecule has 0 bridgehead atoms. The van der Waals surface area contributed by atoms with Gasteiger partial charge in [-0.05, 0) is 39.5 Å². The van der Waals surface area contributed by atoms with E-state index in [0.29, 0.717) is 17.6 Å². The molecule has 2 aliphatic carbocycles. The standard InChI is InChI=1S/C16H31N3O2/c1-4-17-15(18-10-7-11-20-3)19-13-12-14(21-5-2)16(13)8-6-9-16/h13-14H,4-12H2,1-3H3,(H2,17,18,19). The molecular weight excluding hydrogens is 266 g/mol. The van der Waals surface area contributed by atoms with Crippen LogP contribution in [0.1, 0.15) is 46.0 Å². The Morgan fingerprint density at radius 2 is 2.14 bits per heavy atom. The van der Waals surface area contributed by atoms with Crippen molar-refractivity contribution in [3.8, 4) is 0 Å². The second-order valence-electron chi connectivity index (χ2n) is 6.07. The first-order valence-electron chi connectivity index (χ1n) is 8.42. The van der Waals surface area contributed by atoms with E-state index in [1.54, 1.807) is 7.11 Å². The van der Waals surface area contributed by atoms with Crippen molar-refractivity contribution in [1.29, 1.82) is 0 Å². The molecule has 0 aromatic heterocycles. The van der Waals surface area contributed by atoms with Crippen molar-refractivity contribution in [2.75, 3.05) is 33.4 Å². The van der Waals surface area contributed by atoms with E-state index >= 15 is 0 Å². The summed E-state index contributed by atoms with van der Waals surface area (Å²) in [7, 11) is 1.73. The third-order valence-electron chi connectivity index (χ3n) is 4.87. The summed E-state index contributed by atoms with van der Waals surface area (Å²) in [6, 6.07) is 0.517. The zero-order valence-electron chi connectivity index (χ0n) is 13.8. The molecule has 5 heteroatoms. The van der Waals surface area contributed by atoms with Gasteiger partial charge in [-0.15, -0.1) is 0 Å². The smallest absolute Gasteiger partial charge is 0.191 e. The number of aliphatic imine (C=N–C) groups is 1. The van der Waals surface area contributed by atoms with Gasteiger partial charge >= 0.3 is 0 Å². The Labute approximate surface area is 128 Å². The minimum absolute atomic E-state index is 0.374. The average Bonchev–Trinajstić information content (AvgIpc) is 2.40. The molecule has 2 atom stereocenters. The number of nitrogens with one attached hydrogen (secondary N) is 2. The number of methoxy groups -OCH3 is 1. The molecule has 2 aliphatic rings. The molecule has 1 spiro atoms. The van der Waals surface area contributed by atoms with Gasteiger partial charge in [0.15, 0.2) is 5.96 Å². The largest absolute Gasteiger partial charge is 0.385 e. The van der Waals surface area contributed by atoms with Crippen LogP contribution in [0.5, 0.6) is 0 Å². The van der Waals surface area contributed by atoms with Crippen molar-refractivity contribution in [3.63, 3.8) is 0 Å². The van der Waals surface area contributed by atoms with Crippen LogP contribution in [0.15, 0.2) is 4.99 Å². The number of guanidine groups is 1. The van der Waals surface area contributed by atoms with Crippen molar-refractivity contribution >= 4 is 5.96 Å². The van der Waals surface area contributed by atoms with Crippen molar-refractivity contribution in [2.24, 2.45) is 10.4 Å². The molecule has 122 valence electrons. The van der Waals surface area contributed by atoms with Gasteiger partial charge in [0.05, 0.1) is 6.10 Å². The lowest BCUT2D eigenvalue weighted by Crippen LogP contribution is -2.68. The van der Waals surface area contributed by atoms with E-state index in [1.807, 2.05) is 0 Å². The van der Waals surface area contributed by atoms with Crippen LogP contribution in [0, 0.1) is 5.41 Å². The lowest BCUT2D eigenvalue weighted by atomic mass is 9.51. The molecule has 0 amide bonds. The van der Waals surface area contributed by atoms with Crippen LogP contribution in [0.2, 0.25) is 0 Å². The topological polar surface area (TPSA) is 54.9 Å². The van der Waals surface area contributed by atoms with Gasteiger partial charge in [-0.25, -0.2) is 0 Å². The highest BCUT2D eigenvalue weighted by Gasteiger charge is 2.59. The summed E-state index contributed by atoms with van der Waals surface area (Å²) < 4.78 is 11.0. The van der Waals surface area contributed by atoms with E-state index in [9.17, 15) is 0 Å². The summed E-state index contributed by atoms with van der Waals surface area (Å²) in [5.41, 5.74) is 0.374. The zero-order chi connectivity index (χ0) is 15.1. The van der Waals surface area contributed by atoms with E-state index in [1.165, 1.54) is 19.3 Å². The number of hydrogen-bond donors (Lipinski definition) is 2. The van der Waals surface area contributed by atoms with Crippen LogP contribution < -0.4 is 10.6 Å². The van der Waals surface area contributed by atoms with Gasteiger partial charge in [-0.2, -0.15) is 0 Å². The Morgan fingerprint density at radius 1 is 1.33 bits per heavy atom. The molecule has 2 saturated carbocycles. The fourth-order valence-electron chi connectivity index (χ4n) is 3.53. The quantitative estimate of drug-likeness (QED) is 0.408. The molecule has 2 unspecified atom stereocenters. The fourth-order valence-corrected chi connectivity index (χ4v) is 3.53. The van der Waals surface area contributed by atoms with Gasteiger partial charge in [0.25, 0.3) is 0 Å². The second-order valence-corrected chi connectivity index (χ2v) is 6.07. The van der Waals surface area contributed by atoms with Gasteiger partial charge in [-0.1, -0.05) is 6.42 Å². The van der Waals surface area contributed by atoms with E-state index in [2.05, 4.69) is 29.5 Å². The van der Waals surface area contributed by atoms with E-state index in [0.717, 1.165) is 45.1 Å². The van der Waals surface area contributed by atoms with Gasteiger partial charge < -0.3 is 20.1 Å². The minimum Gasteiger partial charge on any atom is -0.385 e. The Balaban J connectivity index is 1.85. The molecule has 0 saturated heterocycles. The summed E-state index contributed by atoms with van der Waals surface area (Å²) in [5.74, 6) is 0.944. The average molecular weight is 297 g/mol. The van der Waals surface area contributed by atoms with Crippen LogP contribution in [0.3, 0.4) is 0 Å². The number of nitrogens with zero attached hydrogens (tertiary/aromatic N) is 1. The molecule has 0 aliphatic heterocycles. The Hall–Kier alpha value is -0.810. The molecular formula is C16H31N3O2. The number of hydrogen-bond acceptors (Lipinski definition) is 3. The molecule has 2 rings (SSSR count). The first-order chi connectivity index (χ1) is 10.3. The highest BCUT2D eigenvalue weighted by molar-refractivity contribution is 5.80. The second kappa shape index (κ2) is 7.99. The molecule has 0 heterocycles. The molecule has 2 N–H and O–H groups in total. The van der Waals surface area contributed by atoms with Crippen LogP contribution in [0.4, 0.5) is 0 Å². The lowest BCUT2D eigenvalue weighted by molar-refractivity contribution is -0.168. The van der Waals surface area contributed by atoms with Crippen LogP contribution in [0.25, 0.3) is 0 Å². The molecule has 21 heavy (non-hydrogen) atoms. The van der Waals surface area contributed by atoms with E-state index < -0.39 is 0 Å². The zero-order valence-corrected chi connectivity index (χ0v) is 13.8. The third-order valence-corrected chi connectivity index (χ3v) is 4.87. The van der Waals surface area contributed by atoms with Crippen molar-refractivity contribution in [3.05, 3.63) is 0 Å². The number of ether oxygens (including phenoxy) is 2. The third kappa shape index (κ3) is 3.69.